The number of carbonyl (C=O) groups excluding carboxylic acids is 1. The third-order valence-electron chi connectivity index (χ3n) is 2.93. The fraction of sp³-hybridized carbons (Fsp3) is 0.385. The van der Waals surface area contributed by atoms with Crippen LogP contribution in [0.4, 0.5) is 5.69 Å². The van der Waals surface area contributed by atoms with E-state index in [0.717, 1.165) is 19.4 Å². The first-order chi connectivity index (χ1) is 8.66. The van der Waals surface area contributed by atoms with Crippen molar-refractivity contribution in [1.29, 1.82) is 0 Å². The van der Waals surface area contributed by atoms with Crippen molar-refractivity contribution in [3.8, 4) is 0 Å². The average molecular weight is 249 g/mol. The van der Waals surface area contributed by atoms with Gasteiger partial charge in [-0.25, -0.2) is 4.79 Å². The van der Waals surface area contributed by atoms with E-state index in [0.29, 0.717) is 12.3 Å². The normalized spacial score (nSPS) is 19.2. The van der Waals surface area contributed by atoms with E-state index >= 15 is 0 Å². The molecule has 1 aliphatic rings. The van der Waals surface area contributed by atoms with Gasteiger partial charge in [-0.15, -0.1) is 0 Å². The largest absolute Gasteiger partial charge is 0.478 e. The molecule has 0 radical (unpaired) electrons. The van der Waals surface area contributed by atoms with Gasteiger partial charge < -0.3 is 15.2 Å². The van der Waals surface area contributed by atoms with E-state index in [4.69, 9.17) is 9.84 Å². The second-order valence-corrected chi connectivity index (χ2v) is 4.29. The van der Waals surface area contributed by atoms with E-state index in [9.17, 15) is 9.59 Å². The van der Waals surface area contributed by atoms with Crippen molar-refractivity contribution in [3.63, 3.8) is 0 Å². The maximum Gasteiger partial charge on any atom is 0.335 e. The van der Waals surface area contributed by atoms with Gasteiger partial charge in [-0.05, 0) is 37.1 Å². The highest BCUT2D eigenvalue weighted by atomic mass is 16.5. The van der Waals surface area contributed by atoms with E-state index in [2.05, 4.69) is 5.32 Å². The SMILES string of the molecule is O=C(O)c1ccc(NC(=O)C2CCCOC2)cc1. The van der Waals surface area contributed by atoms with Crippen molar-refractivity contribution in [1.82, 2.24) is 0 Å². The molecule has 96 valence electrons. The number of ether oxygens (including phenoxy) is 1. The highest BCUT2D eigenvalue weighted by Gasteiger charge is 2.21. The van der Waals surface area contributed by atoms with Crippen molar-refractivity contribution in [3.05, 3.63) is 29.8 Å². The van der Waals surface area contributed by atoms with Gasteiger partial charge in [0.1, 0.15) is 0 Å². The fourth-order valence-electron chi connectivity index (χ4n) is 1.89. The summed E-state index contributed by atoms with van der Waals surface area (Å²) < 4.78 is 5.25. The predicted molar refractivity (Wildman–Crippen MR) is 65.6 cm³/mol. The van der Waals surface area contributed by atoms with Crippen molar-refractivity contribution < 1.29 is 19.4 Å². The molecule has 2 rings (SSSR count). The summed E-state index contributed by atoms with van der Waals surface area (Å²) in [5, 5.41) is 11.5. The Morgan fingerprint density at radius 2 is 2.00 bits per heavy atom. The summed E-state index contributed by atoms with van der Waals surface area (Å²) in [4.78, 5) is 22.6. The first-order valence-corrected chi connectivity index (χ1v) is 5.89. The van der Waals surface area contributed by atoms with Crippen LogP contribution in [0.25, 0.3) is 0 Å². The first-order valence-electron chi connectivity index (χ1n) is 5.89. The van der Waals surface area contributed by atoms with Crippen LogP contribution in [0.5, 0.6) is 0 Å². The Labute approximate surface area is 105 Å². The van der Waals surface area contributed by atoms with E-state index in [1.165, 1.54) is 12.1 Å². The quantitative estimate of drug-likeness (QED) is 0.855. The van der Waals surface area contributed by atoms with E-state index < -0.39 is 5.97 Å². The number of benzene rings is 1. The van der Waals surface area contributed by atoms with Gasteiger partial charge in [0.2, 0.25) is 5.91 Å². The van der Waals surface area contributed by atoms with Crippen molar-refractivity contribution in [2.45, 2.75) is 12.8 Å². The smallest absolute Gasteiger partial charge is 0.335 e. The number of nitrogens with one attached hydrogen (secondary N) is 1. The molecule has 0 aliphatic carbocycles. The van der Waals surface area contributed by atoms with Crippen LogP contribution in [-0.4, -0.2) is 30.2 Å². The van der Waals surface area contributed by atoms with Crippen LogP contribution >= 0.6 is 0 Å². The van der Waals surface area contributed by atoms with E-state index in [1.807, 2.05) is 0 Å². The summed E-state index contributed by atoms with van der Waals surface area (Å²) in [6.07, 6.45) is 1.73. The first kappa shape index (κ1) is 12.6. The number of anilines is 1. The number of rotatable bonds is 3. The lowest BCUT2D eigenvalue weighted by Crippen LogP contribution is -2.30. The molecule has 0 saturated carbocycles. The molecule has 1 heterocycles. The predicted octanol–water partition coefficient (Wildman–Crippen LogP) is 1.75. The van der Waals surface area contributed by atoms with Crippen LogP contribution in [0.1, 0.15) is 23.2 Å². The summed E-state index contributed by atoms with van der Waals surface area (Å²) in [5.41, 5.74) is 0.810. The summed E-state index contributed by atoms with van der Waals surface area (Å²) in [6, 6.07) is 6.11. The molecule has 1 aromatic carbocycles. The number of hydrogen-bond acceptors (Lipinski definition) is 3. The number of hydrogen-bond donors (Lipinski definition) is 2. The Bertz CT molecular complexity index is 435. The van der Waals surface area contributed by atoms with Crippen LogP contribution in [0.3, 0.4) is 0 Å². The minimum atomic E-state index is -0.978. The Kier molecular flexibility index (Phi) is 3.94. The monoisotopic (exact) mass is 249 g/mol. The van der Waals surface area contributed by atoms with Gasteiger partial charge in [-0.3, -0.25) is 4.79 Å². The second kappa shape index (κ2) is 5.64. The molecular formula is C13H15NO4. The zero-order valence-electron chi connectivity index (χ0n) is 9.89. The summed E-state index contributed by atoms with van der Waals surface area (Å²) in [7, 11) is 0. The highest BCUT2D eigenvalue weighted by molar-refractivity contribution is 5.93. The molecule has 18 heavy (non-hydrogen) atoms. The third-order valence-corrected chi connectivity index (χ3v) is 2.93. The Morgan fingerprint density at radius 3 is 2.56 bits per heavy atom. The van der Waals surface area contributed by atoms with Gasteiger partial charge >= 0.3 is 5.97 Å². The van der Waals surface area contributed by atoms with Crippen LogP contribution in [0.2, 0.25) is 0 Å². The second-order valence-electron chi connectivity index (χ2n) is 4.29. The zero-order chi connectivity index (χ0) is 13.0. The number of carbonyl (C=O) groups is 2. The lowest BCUT2D eigenvalue weighted by molar-refractivity contribution is -0.123. The Balaban J connectivity index is 1.96. The standard InChI is InChI=1S/C13H15NO4/c15-12(10-2-1-7-18-8-10)14-11-5-3-9(4-6-11)13(16)17/h3-6,10H,1-2,7-8H2,(H,14,15)(H,16,17). The molecule has 1 saturated heterocycles. The van der Waals surface area contributed by atoms with Gasteiger partial charge in [0.05, 0.1) is 18.1 Å². The maximum absolute atomic E-state index is 11.9. The molecule has 1 atom stereocenters. The molecule has 1 amide bonds. The van der Waals surface area contributed by atoms with Crippen LogP contribution in [0.15, 0.2) is 24.3 Å². The number of carboxylic acid groups (broad SMARTS) is 1. The zero-order valence-corrected chi connectivity index (χ0v) is 9.89. The molecule has 0 bridgehead atoms. The molecule has 5 heteroatoms. The molecule has 0 spiro atoms. The number of amides is 1. The van der Waals surface area contributed by atoms with Crippen LogP contribution in [-0.2, 0) is 9.53 Å². The molecule has 1 unspecified atom stereocenters. The minimum Gasteiger partial charge on any atom is -0.478 e. The third kappa shape index (κ3) is 3.07. The summed E-state index contributed by atoms with van der Waals surface area (Å²) in [6.45, 7) is 1.18. The number of carboxylic acids is 1. The maximum atomic E-state index is 11.9. The molecule has 5 nitrogen and oxygen atoms in total. The van der Waals surface area contributed by atoms with Gasteiger partial charge in [-0.2, -0.15) is 0 Å². The van der Waals surface area contributed by atoms with Gasteiger partial charge in [0.15, 0.2) is 0 Å². The van der Waals surface area contributed by atoms with Crippen LogP contribution < -0.4 is 5.32 Å². The molecule has 2 N–H and O–H groups in total. The summed E-state index contributed by atoms with van der Waals surface area (Å²) in [5.74, 6) is -1.16. The van der Waals surface area contributed by atoms with Crippen molar-refractivity contribution in [2.75, 3.05) is 18.5 Å². The molecule has 1 aliphatic heterocycles. The molecule has 1 aromatic rings. The topological polar surface area (TPSA) is 75.6 Å². The van der Waals surface area contributed by atoms with Gasteiger partial charge in [0, 0.05) is 12.3 Å². The lowest BCUT2D eigenvalue weighted by atomic mass is 10.0. The average Bonchev–Trinajstić information content (AvgIpc) is 2.40. The fourth-order valence-corrected chi connectivity index (χ4v) is 1.89. The molecule has 1 fully saturated rings. The number of aromatic carboxylic acids is 1. The van der Waals surface area contributed by atoms with E-state index in [-0.39, 0.29) is 17.4 Å². The Hall–Kier alpha value is -1.88. The molecular weight excluding hydrogens is 234 g/mol. The minimum absolute atomic E-state index is 0.0715. The van der Waals surface area contributed by atoms with Crippen molar-refractivity contribution in [2.24, 2.45) is 5.92 Å². The van der Waals surface area contributed by atoms with Gasteiger partial charge in [-0.1, -0.05) is 0 Å². The van der Waals surface area contributed by atoms with Crippen LogP contribution in [0, 0.1) is 5.92 Å². The summed E-state index contributed by atoms with van der Waals surface area (Å²) >= 11 is 0. The van der Waals surface area contributed by atoms with Gasteiger partial charge in [0.25, 0.3) is 0 Å². The van der Waals surface area contributed by atoms with E-state index in [1.54, 1.807) is 12.1 Å². The lowest BCUT2D eigenvalue weighted by Gasteiger charge is -2.21. The van der Waals surface area contributed by atoms with Crippen molar-refractivity contribution >= 4 is 17.6 Å². The highest BCUT2D eigenvalue weighted by Crippen LogP contribution is 2.17. The Morgan fingerprint density at radius 1 is 1.28 bits per heavy atom. The molecule has 0 aromatic heterocycles.